The molecule has 0 aromatic carbocycles. The molecule has 0 amide bonds. The van der Waals surface area contributed by atoms with Crippen molar-refractivity contribution < 1.29 is 4.74 Å². The number of anilines is 2. The van der Waals surface area contributed by atoms with Gasteiger partial charge in [-0.1, -0.05) is 6.07 Å². The van der Waals surface area contributed by atoms with E-state index in [0.29, 0.717) is 12.6 Å². The van der Waals surface area contributed by atoms with Crippen LogP contribution in [0, 0.1) is 0 Å². The zero-order valence-electron chi connectivity index (χ0n) is 10.8. The Kier molecular flexibility index (Phi) is 5.23. The number of hydrogen-bond donors (Lipinski definition) is 2. The maximum atomic E-state index is 5.69. The molecular weight excluding hydrogens is 278 g/mol. The molecule has 1 atom stereocenters. The van der Waals surface area contributed by atoms with E-state index in [-0.39, 0.29) is 18.5 Å². The molecule has 0 bridgehead atoms. The zero-order valence-corrected chi connectivity index (χ0v) is 11.6. The van der Waals surface area contributed by atoms with Crippen LogP contribution in [0.3, 0.4) is 0 Å². The highest BCUT2D eigenvalue weighted by Gasteiger charge is 2.17. The first-order valence-corrected chi connectivity index (χ1v) is 6.25. The fourth-order valence-electron chi connectivity index (χ4n) is 1.93. The Hall–Kier alpha value is -1.76. The quantitative estimate of drug-likeness (QED) is 0.897. The number of nitrogens with zero attached hydrogens (tertiary/aromatic N) is 3. The summed E-state index contributed by atoms with van der Waals surface area (Å²) in [6.45, 7) is 2.40. The first kappa shape index (κ1) is 14.6. The van der Waals surface area contributed by atoms with E-state index >= 15 is 0 Å². The highest BCUT2D eigenvalue weighted by Crippen LogP contribution is 2.19. The Bertz CT molecular complexity index is 533. The minimum atomic E-state index is 0. The van der Waals surface area contributed by atoms with Crippen LogP contribution in [-0.2, 0) is 4.74 Å². The molecule has 1 unspecified atom stereocenters. The van der Waals surface area contributed by atoms with Crippen molar-refractivity contribution in [3.8, 4) is 0 Å². The summed E-state index contributed by atoms with van der Waals surface area (Å²) in [4.78, 5) is 12.8. The Morgan fingerprint density at radius 1 is 1.20 bits per heavy atom. The van der Waals surface area contributed by atoms with Crippen molar-refractivity contribution in [3.05, 3.63) is 42.4 Å². The summed E-state index contributed by atoms with van der Waals surface area (Å²) in [6, 6.07) is 7.58. The Morgan fingerprint density at radius 3 is 2.80 bits per heavy atom. The van der Waals surface area contributed by atoms with Gasteiger partial charge in [0.25, 0.3) is 0 Å². The molecule has 1 saturated heterocycles. The van der Waals surface area contributed by atoms with Gasteiger partial charge in [0.15, 0.2) is 0 Å². The Labute approximate surface area is 123 Å². The molecule has 2 aromatic rings. The third-order valence-corrected chi connectivity index (χ3v) is 2.83. The average molecular weight is 294 g/mol. The number of hydrogen-bond acceptors (Lipinski definition) is 6. The van der Waals surface area contributed by atoms with Gasteiger partial charge in [-0.05, 0) is 18.2 Å². The van der Waals surface area contributed by atoms with Crippen molar-refractivity contribution in [1.82, 2.24) is 20.3 Å². The maximum Gasteiger partial charge on any atom is 0.228 e. The van der Waals surface area contributed by atoms with Gasteiger partial charge in [-0.15, -0.1) is 12.4 Å². The first-order chi connectivity index (χ1) is 9.42. The number of ether oxygens (including phenoxy) is 1. The molecule has 20 heavy (non-hydrogen) atoms. The summed E-state index contributed by atoms with van der Waals surface area (Å²) in [5.74, 6) is 1.26. The number of morpholine rings is 1. The Morgan fingerprint density at radius 2 is 2.05 bits per heavy atom. The molecule has 0 spiro atoms. The molecule has 6 nitrogen and oxygen atoms in total. The monoisotopic (exact) mass is 293 g/mol. The Balaban J connectivity index is 0.00000147. The number of nitrogens with one attached hydrogen (secondary N) is 2. The van der Waals surface area contributed by atoms with Crippen LogP contribution in [0.2, 0.25) is 0 Å². The zero-order chi connectivity index (χ0) is 12.9. The van der Waals surface area contributed by atoms with E-state index in [1.807, 2.05) is 18.2 Å². The predicted molar refractivity (Wildman–Crippen MR) is 78.4 cm³/mol. The first-order valence-electron chi connectivity index (χ1n) is 6.25. The van der Waals surface area contributed by atoms with Gasteiger partial charge in [0.1, 0.15) is 11.9 Å². The van der Waals surface area contributed by atoms with Crippen molar-refractivity contribution in [1.29, 1.82) is 0 Å². The molecule has 1 aliphatic heterocycles. The van der Waals surface area contributed by atoms with E-state index in [1.165, 1.54) is 0 Å². The van der Waals surface area contributed by atoms with Gasteiger partial charge in [0.2, 0.25) is 5.95 Å². The summed E-state index contributed by atoms with van der Waals surface area (Å²) >= 11 is 0. The van der Waals surface area contributed by atoms with Crippen molar-refractivity contribution in [3.63, 3.8) is 0 Å². The summed E-state index contributed by atoms with van der Waals surface area (Å²) in [5, 5.41) is 6.37. The summed E-state index contributed by atoms with van der Waals surface area (Å²) in [7, 11) is 0. The van der Waals surface area contributed by atoms with Crippen LogP contribution in [0.25, 0.3) is 0 Å². The lowest BCUT2D eigenvalue weighted by Gasteiger charge is -2.23. The van der Waals surface area contributed by atoms with E-state index in [0.717, 1.165) is 24.6 Å². The molecule has 0 aliphatic carbocycles. The lowest BCUT2D eigenvalue weighted by Crippen LogP contribution is -2.33. The van der Waals surface area contributed by atoms with Crippen LogP contribution in [-0.4, -0.2) is 34.6 Å². The van der Waals surface area contributed by atoms with E-state index < -0.39 is 0 Å². The lowest BCUT2D eigenvalue weighted by atomic mass is 10.2. The number of halogens is 1. The standard InChI is InChI=1S/C13H15N5O.ClH/c1-3-10(11-9-14-7-8-19-11)17-12(4-1)18-13-15-5-2-6-16-13;/h1-6,11,14H,7-9H2,(H,15,16,17,18);1H. The van der Waals surface area contributed by atoms with Crippen LogP contribution in [0.1, 0.15) is 11.8 Å². The fourth-order valence-corrected chi connectivity index (χ4v) is 1.93. The van der Waals surface area contributed by atoms with Gasteiger partial charge in [-0.2, -0.15) is 0 Å². The largest absolute Gasteiger partial charge is 0.369 e. The summed E-state index contributed by atoms with van der Waals surface area (Å²) < 4.78 is 5.69. The van der Waals surface area contributed by atoms with Crippen LogP contribution in [0.5, 0.6) is 0 Å². The van der Waals surface area contributed by atoms with Crippen LogP contribution in [0.15, 0.2) is 36.7 Å². The number of aromatic nitrogens is 3. The number of pyridine rings is 1. The van der Waals surface area contributed by atoms with Crippen molar-refractivity contribution in [2.45, 2.75) is 6.10 Å². The molecule has 3 rings (SSSR count). The van der Waals surface area contributed by atoms with Crippen molar-refractivity contribution in [2.24, 2.45) is 0 Å². The maximum absolute atomic E-state index is 5.69. The lowest BCUT2D eigenvalue weighted by molar-refractivity contribution is 0.0251. The van der Waals surface area contributed by atoms with E-state index in [4.69, 9.17) is 4.74 Å². The second-order valence-electron chi connectivity index (χ2n) is 4.21. The van der Waals surface area contributed by atoms with E-state index in [2.05, 4.69) is 25.6 Å². The summed E-state index contributed by atoms with van der Waals surface area (Å²) in [6.07, 6.45) is 3.38. The molecule has 1 fully saturated rings. The van der Waals surface area contributed by atoms with Gasteiger partial charge >= 0.3 is 0 Å². The van der Waals surface area contributed by atoms with E-state index in [1.54, 1.807) is 18.5 Å². The van der Waals surface area contributed by atoms with Gasteiger partial charge in [0.05, 0.1) is 12.3 Å². The third-order valence-electron chi connectivity index (χ3n) is 2.83. The minimum absolute atomic E-state index is 0. The van der Waals surface area contributed by atoms with Gasteiger partial charge < -0.3 is 15.4 Å². The van der Waals surface area contributed by atoms with E-state index in [9.17, 15) is 0 Å². The second kappa shape index (κ2) is 7.14. The molecular formula is C13H16ClN5O. The molecule has 2 aromatic heterocycles. The van der Waals surface area contributed by atoms with Crippen LogP contribution < -0.4 is 10.6 Å². The topological polar surface area (TPSA) is 72.0 Å². The average Bonchev–Trinajstić information content (AvgIpc) is 2.49. The fraction of sp³-hybridized carbons (Fsp3) is 0.308. The molecule has 106 valence electrons. The highest BCUT2D eigenvalue weighted by molar-refractivity contribution is 5.85. The molecule has 7 heteroatoms. The molecule has 1 aliphatic rings. The van der Waals surface area contributed by atoms with Crippen LogP contribution >= 0.6 is 12.4 Å². The van der Waals surface area contributed by atoms with Gasteiger partial charge in [-0.25, -0.2) is 15.0 Å². The SMILES string of the molecule is Cl.c1cnc(Nc2cccc(C3CNCCO3)n2)nc1. The normalized spacial score (nSPS) is 18.1. The molecule has 0 radical (unpaired) electrons. The molecule has 3 heterocycles. The van der Waals surface area contributed by atoms with Gasteiger partial charge in [0, 0.05) is 25.5 Å². The summed E-state index contributed by atoms with van der Waals surface area (Å²) in [5.41, 5.74) is 0.910. The second-order valence-corrected chi connectivity index (χ2v) is 4.21. The predicted octanol–water partition coefficient (Wildman–Crippen LogP) is 1.70. The minimum Gasteiger partial charge on any atom is -0.369 e. The highest BCUT2D eigenvalue weighted by atomic mass is 35.5. The third kappa shape index (κ3) is 3.63. The van der Waals surface area contributed by atoms with Crippen LogP contribution in [0.4, 0.5) is 11.8 Å². The van der Waals surface area contributed by atoms with Crippen molar-refractivity contribution >= 4 is 24.2 Å². The number of rotatable bonds is 3. The molecule has 2 N–H and O–H groups in total. The molecule has 0 saturated carbocycles. The smallest absolute Gasteiger partial charge is 0.228 e. The van der Waals surface area contributed by atoms with Gasteiger partial charge in [-0.3, -0.25) is 0 Å². The van der Waals surface area contributed by atoms with Crippen molar-refractivity contribution in [2.75, 3.05) is 25.0 Å².